The number of halogens is 2. The Kier molecular flexibility index (Phi) is 5.35. The maximum absolute atomic E-state index is 13.1. The zero-order chi connectivity index (χ0) is 16.9. The van der Waals surface area contributed by atoms with E-state index in [1.165, 1.54) is 17.8 Å². The summed E-state index contributed by atoms with van der Waals surface area (Å²) in [6.45, 7) is 0.575. The van der Waals surface area contributed by atoms with Crippen molar-refractivity contribution in [2.45, 2.75) is 23.8 Å². The normalized spacial score (nSPS) is 16.2. The number of fused-ring (bicyclic) bond motifs is 1. The van der Waals surface area contributed by atoms with Gasteiger partial charge in [-0.25, -0.2) is 8.78 Å². The van der Waals surface area contributed by atoms with Gasteiger partial charge in [-0.05, 0) is 24.3 Å². The van der Waals surface area contributed by atoms with Gasteiger partial charge in [0.05, 0.1) is 12.6 Å². The Labute approximate surface area is 143 Å². The summed E-state index contributed by atoms with van der Waals surface area (Å²) in [4.78, 5) is 12.7. The second-order valence-corrected chi connectivity index (χ2v) is 6.64. The molecule has 0 bridgehead atoms. The summed E-state index contributed by atoms with van der Waals surface area (Å²) >= 11 is 1.33. The summed E-state index contributed by atoms with van der Waals surface area (Å²) in [6.07, 6.45) is 1.04. The van der Waals surface area contributed by atoms with Gasteiger partial charge in [-0.3, -0.25) is 4.79 Å². The lowest BCUT2D eigenvalue weighted by Crippen LogP contribution is -2.32. The van der Waals surface area contributed by atoms with Crippen LogP contribution in [0.25, 0.3) is 0 Å². The van der Waals surface area contributed by atoms with Crippen molar-refractivity contribution in [3.63, 3.8) is 0 Å². The number of para-hydroxylation sites is 1. The van der Waals surface area contributed by atoms with Crippen molar-refractivity contribution in [3.05, 3.63) is 59.7 Å². The van der Waals surface area contributed by atoms with E-state index in [0.717, 1.165) is 29.9 Å². The van der Waals surface area contributed by atoms with Gasteiger partial charge in [-0.15, -0.1) is 11.8 Å². The van der Waals surface area contributed by atoms with Crippen LogP contribution in [-0.4, -0.2) is 18.3 Å². The van der Waals surface area contributed by atoms with Gasteiger partial charge in [0.1, 0.15) is 5.75 Å². The van der Waals surface area contributed by atoms with E-state index in [1.807, 2.05) is 24.3 Å². The summed E-state index contributed by atoms with van der Waals surface area (Å²) < 4.78 is 31.6. The summed E-state index contributed by atoms with van der Waals surface area (Å²) in [7, 11) is 0. The molecule has 2 aromatic rings. The van der Waals surface area contributed by atoms with Gasteiger partial charge >= 0.3 is 0 Å². The average Bonchev–Trinajstić information content (AvgIpc) is 2.58. The standard InChI is InChI=1S/C18H17F2NO2S/c19-14-6-5-12(11-15(14)20)24-10-8-18(22)21-16-7-9-23-17-4-2-1-3-13(16)17/h1-6,11,16H,7-10H2,(H,21,22). The van der Waals surface area contributed by atoms with E-state index >= 15 is 0 Å². The van der Waals surface area contributed by atoms with Gasteiger partial charge in [-0.1, -0.05) is 18.2 Å². The van der Waals surface area contributed by atoms with E-state index in [2.05, 4.69) is 5.32 Å². The highest BCUT2D eigenvalue weighted by Gasteiger charge is 2.22. The zero-order valence-corrected chi connectivity index (χ0v) is 13.7. The van der Waals surface area contributed by atoms with Crippen molar-refractivity contribution in [2.75, 3.05) is 12.4 Å². The van der Waals surface area contributed by atoms with Crippen LogP contribution in [0.5, 0.6) is 5.75 Å². The molecule has 0 fully saturated rings. The van der Waals surface area contributed by atoms with E-state index in [0.29, 0.717) is 23.7 Å². The molecule has 6 heteroatoms. The van der Waals surface area contributed by atoms with E-state index in [-0.39, 0.29) is 11.9 Å². The topological polar surface area (TPSA) is 38.3 Å². The Hall–Kier alpha value is -2.08. The van der Waals surface area contributed by atoms with Crippen LogP contribution in [0.15, 0.2) is 47.4 Å². The number of ether oxygens (including phenoxy) is 1. The molecule has 126 valence electrons. The SMILES string of the molecule is O=C(CCSc1ccc(F)c(F)c1)NC1CCOc2ccccc21. The Morgan fingerprint density at radius 1 is 1.21 bits per heavy atom. The third-order valence-corrected chi connectivity index (χ3v) is 4.78. The van der Waals surface area contributed by atoms with Crippen molar-refractivity contribution in [1.29, 1.82) is 0 Å². The van der Waals surface area contributed by atoms with Gasteiger partial charge in [0.15, 0.2) is 11.6 Å². The molecule has 3 nitrogen and oxygen atoms in total. The minimum atomic E-state index is -0.872. The quantitative estimate of drug-likeness (QED) is 0.827. The number of benzene rings is 2. The van der Waals surface area contributed by atoms with Gasteiger partial charge < -0.3 is 10.1 Å². The molecule has 24 heavy (non-hydrogen) atoms. The molecule has 1 aliphatic rings. The molecule has 1 unspecified atom stereocenters. The Bertz CT molecular complexity index is 739. The summed E-state index contributed by atoms with van der Waals surface area (Å²) in [6, 6.07) is 11.4. The lowest BCUT2D eigenvalue weighted by molar-refractivity contribution is -0.121. The van der Waals surface area contributed by atoms with Gasteiger partial charge in [-0.2, -0.15) is 0 Å². The van der Waals surface area contributed by atoms with Crippen LogP contribution in [0.4, 0.5) is 8.78 Å². The fourth-order valence-corrected chi connectivity index (χ4v) is 3.46. The van der Waals surface area contributed by atoms with Crippen molar-refractivity contribution in [2.24, 2.45) is 0 Å². The van der Waals surface area contributed by atoms with Crippen LogP contribution in [-0.2, 0) is 4.79 Å². The number of carbonyl (C=O) groups excluding carboxylic acids is 1. The first-order valence-electron chi connectivity index (χ1n) is 7.72. The summed E-state index contributed by atoms with van der Waals surface area (Å²) in [5.41, 5.74) is 0.991. The zero-order valence-electron chi connectivity index (χ0n) is 12.9. The maximum Gasteiger partial charge on any atom is 0.221 e. The van der Waals surface area contributed by atoms with Crippen molar-refractivity contribution in [1.82, 2.24) is 5.32 Å². The van der Waals surface area contributed by atoms with Crippen molar-refractivity contribution in [3.8, 4) is 5.75 Å². The van der Waals surface area contributed by atoms with Gasteiger partial charge in [0.2, 0.25) is 5.91 Å². The minimum absolute atomic E-state index is 0.0456. The van der Waals surface area contributed by atoms with E-state index in [9.17, 15) is 13.6 Å². The molecule has 1 N–H and O–H groups in total. The summed E-state index contributed by atoms with van der Waals surface area (Å²) in [5, 5.41) is 3.02. The smallest absolute Gasteiger partial charge is 0.221 e. The molecule has 0 spiro atoms. The first-order valence-corrected chi connectivity index (χ1v) is 8.71. The molecule has 2 aromatic carbocycles. The lowest BCUT2D eigenvalue weighted by atomic mass is 10.0. The van der Waals surface area contributed by atoms with E-state index < -0.39 is 11.6 Å². The largest absolute Gasteiger partial charge is 0.493 e. The number of rotatable bonds is 5. The molecule has 0 saturated heterocycles. The average molecular weight is 349 g/mol. The Morgan fingerprint density at radius 2 is 2.04 bits per heavy atom. The number of carbonyl (C=O) groups is 1. The fourth-order valence-electron chi connectivity index (χ4n) is 2.59. The van der Waals surface area contributed by atoms with Crippen LogP contribution < -0.4 is 10.1 Å². The maximum atomic E-state index is 13.1. The monoisotopic (exact) mass is 349 g/mol. The minimum Gasteiger partial charge on any atom is -0.493 e. The number of hydrogen-bond acceptors (Lipinski definition) is 3. The third kappa shape index (κ3) is 4.06. The first-order chi connectivity index (χ1) is 11.6. The number of thioether (sulfide) groups is 1. The van der Waals surface area contributed by atoms with Crippen LogP contribution >= 0.6 is 11.8 Å². The highest BCUT2D eigenvalue weighted by Crippen LogP contribution is 2.31. The molecular formula is C18H17F2NO2S. The van der Waals surface area contributed by atoms with Crippen LogP contribution in [0.2, 0.25) is 0 Å². The van der Waals surface area contributed by atoms with Crippen molar-refractivity contribution >= 4 is 17.7 Å². The van der Waals surface area contributed by atoms with Crippen LogP contribution in [0.3, 0.4) is 0 Å². The van der Waals surface area contributed by atoms with Crippen molar-refractivity contribution < 1.29 is 18.3 Å². The fraction of sp³-hybridized carbons (Fsp3) is 0.278. The molecule has 0 radical (unpaired) electrons. The molecule has 0 aromatic heterocycles. The highest BCUT2D eigenvalue weighted by atomic mass is 32.2. The first kappa shape index (κ1) is 16.8. The number of amides is 1. The molecule has 1 heterocycles. The van der Waals surface area contributed by atoms with Gasteiger partial charge in [0, 0.05) is 29.1 Å². The molecule has 1 atom stereocenters. The molecule has 0 saturated carbocycles. The third-order valence-electron chi connectivity index (χ3n) is 3.78. The summed E-state index contributed by atoms with van der Waals surface area (Å²) in [5.74, 6) is -0.488. The van der Waals surface area contributed by atoms with Crippen LogP contribution in [0, 0.1) is 11.6 Å². The Balaban J connectivity index is 1.50. The predicted octanol–water partition coefficient (Wildman–Crippen LogP) is 4.09. The molecule has 1 aliphatic heterocycles. The molecular weight excluding hydrogens is 332 g/mol. The Morgan fingerprint density at radius 3 is 2.88 bits per heavy atom. The molecule has 3 rings (SSSR count). The van der Waals surface area contributed by atoms with E-state index in [4.69, 9.17) is 4.74 Å². The highest BCUT2D eigenvalue weighted by molar-refractivity contribution is 7.99. The second kappa shape index (κ2) is 7.66. The number of hydrogen-bond donors (Lipinski definition) is 1. The van der Waals surface area contributed by atoms with E-state index in [1.54, 1.807) is 0 Å². The predicted molar refractivity (Wildman–Crippen MR) is 89.1 cm³/mol. The lowest BCUT2D eigenvalue weighted by Gasteiger charge is -2.26. The van der Waals surface area contributed by atoms with Crippen LogP contribution in [0.1, 0.15) is 24.4 Å². The number of nitrogens with one attached hydrogen (secondary N) is 1. The second-order valence-electron chi connectivity index (χ2n) is 5.47. The van der Waals surface area contributed by atoms with Gasteiger partial charge in [0.25, 0.3) is 0 Å². The molecule has 0 aliphatic carbocycles. The molecule has 1 amide bonds.